The normalized spacial score (nSPS) is 27.7. The molecule has 83 heavy (non-hydrogen) atoms. The van der Waals surface area contributed by atoms with Crippen molar-refractivity contribution in [1.82, 2.24) is 41.7 Å². The van der Waals surface area contributed by atoms with E-state index in [1.807, 2.05) is 0 Å². The molecule has 15 unspecified atom stereocenters. The lowest BCUT2D eigenvalue weighted by atomic mass is 9.96. The Morgan fingerprint density at radius 1 is 0.747 bits per heavy atom. The highest BCUT2D eigenvalue weighted by atomic mass is 32.3. The largest absolute Gasteiger partial charge is 0.504 e. The van der Waals surface area contributed by atoms with Crippen molar-refractivity contribution < 1.29 is 91.6 Å². The molecular formula is C53H90N10O19S. The van der Waals surface area contributed by atoms with Crippen molar-refractivity contribution in [2.45, 2.75) is 215 Å². The van der Waals surface area contributed by atoms with E-state index in [9.17, 15) is 87.4 Å². The summed E-state index contributed by atoms with van der Waals surface area (Å²) in [5.41, 5.74) is 11.0. The van der Waals surface area contributed by atoms with Crippen LogP contribution in [0.1, 0.15) is 142 Å². The van der Waals surface area contributed by atoms with Crippen molar-refractivity contribution >= 4 is 51.7 Å². The van der Waals surface area contributed by atoms with E-state index in [1.54, 1.807) is 0 Å². The quantitative estimate of drug-likeness (QED) is 0.0299. The summed E-state index contributed by atoms with van der Waals surface area (Å²) in [5.74, 6) is -10.9. The number of fused-ring (bicyclic) bond motifs is 2. The smallest absolute Gasteiger partial charge is 0.446 e. The van der Waals surface area contributed by atoms with Gasteiger partial charge in [0.15, 0.2) is 11.5 Å². The first kappa shape index (κ1) is 70.1. The summed E-state index contributed by atoms with van der Waals surface area (Å²) in [7, 11) is -5.30. The SMILES string of the molecule is CCCCCCCCCCCCCCCC(=O)NC1CC(O)C(NCCN)NC(=O)C2C(O)C(C)CN2C(=O)C(C(O)CCN)NC(=O)C(C(O)C(O)c2ccc(O)c(OS(=O)(=O)O)c2)NC(=O)C2CC(O)CN2C(=O)C(C(C)O)NC1=O. The summed E-state index contributed by atoms with van der Waals surface area (Å²) < 4.78 is 36.8. The maximum atomic E-state index is 14.8. The average Bonchev–Trinajstić information content (AvgIpc) is 3.94. The summed E-state index contributed by atoms with van der Waals surface area (Å²) in [4.78, 5) is 103. The van der Waals surface area contributed by atoms with Crippen LogP contribution in [0.25, 0.3) is 0 Å². The Morgan fingerprint density at radius 3 is 1.90 bits per heavy atom. The number of carbonyl (C=O) groups excluding carboxylic acids is 7. The molecule has 1 aromatic carbocycles. The molecule has 3 fully saturated rings. The molecule has 4 rings (SSSR count). The van der Waals surface area contributed by atoms with E-state index in [1.165, 1.54) is 45.4 Å². The van der Waals surface area contributed by atoms with Crippen LogP contribution in [0.4, 0.5) is 0 Å². The van der Waals surface area contributed by atoms with Crippen LogP contribution in [0.3, 0.4) is 0 Å². The van der Waals surface area contributed by atoms with Gasteiger partial charge in [-0.3, -0.25) is 43.4 Å². The van der Waals surface area contributed by atoms with Crippen molar-refractivity contribution in [2.24, 2.45) is 17.4 Å². The number of carbonyl (C=O) groups is 7. The topological polar surface area (TPSA) is 476 Å². The van der Waals surface area contributed by atoms with Crippen molar-refractivity contribution in [2.75, 3.05) is 32.7 Å². The molecule has 29 nitrogen and oxygen atoms in total. The van der Waals surface area contributed by atoms with Gasteiger partial charge in [-0.25, -0.2) is 0 Å². The van der Waals surface area contributed by atoms with Crippen LogP contribution in [0.5, 0.6) is 11.5 Å². The molecule has 3 aliphatic heterocycles. The second-order valence-corrected chi connectivity index (χ2v) is 23.0. The van der Waals surface area contributed by atoms with Gasteiger partial charge in [0.05, 0.1) is 30.5 Å². The third-order valence-electron chi connectivity index (χ3n) is 15.2. The monoisotopic (exact) mass is 1200 g/mol. The molecule has 0 aliphatic carbocycles. The fourth-order valence-corrected chi connectivity index (χ4v) is 10.9. The minimum Gasteiger partial charge on any atom is -0.504 e. The fraction of sp³-hybridized carbons (Fsp3) is 0.755. The van der Waals surface area contributed by atoms with Crippen molar-refractivity contribution in [3.8, 4) is 11.5 Å². The molecule has 30 heteroatoms. The second-order valence-electron chi connectivity index (χ2n) is 22.0. The van der Waals surface area contributed by atoms with Gasteiger partial charge in [-0.15, -0.1) is 0 Å². The van der Waals surface area contributed by atoms with E-state index >= 15 is 0 Å². The predicted molar refractivity (Wildman–Crippen MR) is 297 cm³/mol. The number of phenolic OH excluding ortho intramolecular Hbond substituents is 1. The van der Waals surface area contributed by atoms with Crippen molar-refractivity contribution in [3.63, 3.8) is 0 Å². The number of hydrogen-bond acceptors (Lipinski definition) is 21. The third kappa shape index (κ3) is 21.0. The van der Waals surface area contributed by atoms with Gasteiger partial charge in [0.2, 0.25) is 41.4 Å². The van der Waals surface area contributed by atoms with Gasteiger partial charge in [0.1, 0.15) is 54.6 Å². The predicted octanol–water partition coefficient (Wildman–Crippen LogP) is -3.60. The van der Waals surface area contributed by atoms with E-state index < -0.39 is 192 Å². The number of aromatic hydroxyl groups is 1. The molecular weight excluding hydrogens is 1110 g/mol. The Hall–Kier alpha value is -5.38. The van der Waals surface area contributed by atoms with Gasteiger partial charge < -0.3 is 92.9 Å². The number of amides is 7. The first-order valence-corrected chi connectivity index (χ1v) is 30.1. The van der Waals surface area contributed by atoms with Gasteiger partial charge in [0, 0.05) is 51.4 Å². The standard InChI is InChI=1S/C53H90N10O19S/c1-4-5-6-7-8-9-10-11-12-13-14-15-16-17-39(69)57-33-26-37(68)47(56-23-22-55)61-51(76)43-44(70)29(2)27-63(43)53(78)41(36(67)20-21-54)59-50(75)42(46(72)45(71)31-18-19-35(66)38(24-31)82-83(79,80)81)60-49(74)34-25-32(65)28-62(34)52(77)40(30(3)64)58-48(33)73/h18-19,24,29-30,32-34,36-37,40-47,56,64-68,70-72H,4-17,20-23,25-28,54-55H2,1-3H3,(H,57,69)(H,58,73)(H,59,75)(H,60,74)(H,61,76)(H,79,80,81). The summed E-state index contributed by atoms with van der Waals surface area (Å²) in [6, 6.07) is -9.56. The summed E-state index contributed by atoms with van der Waals surface area (Å²) in [5, 5.41) is 105. The van der Waals surface area contributed by atoms with Gasteiger partial charge >= 0.3 is 10.4 Å². The van der Waals surface area contributed by atoms with E-state index in [2.05, 4.69) is 43.0 Å². The number of unbranched alkanes of at least 4 members (excludes halogenated alkanes) is 12. The van der Waals surface area contributed by atoms with Gasteiger partial charge in [0.25, 0.3) is 0 Å². The van der Waals surface area contributed by atoms with Crippen LogP contribution in [0.15, 0.2) is 18.2 Å². The Labute approximate surface area is 484 Å². The fourth-order valence-electron chi connectivity index (χ4n) is 10.5. The van der Waals surface area contributed by atoms with E-state index in [-0.39, 0.29) is 26.1 Å². The zero-order valence-electron chi connectivity index (χ0n) is 47.5. The Balaban J connectivity index is 1.77. The van der Waals surface area contributed by atoms with Crippen molar-refractivity contribution in [3.05, 3.63) is 23.8 Å². The molecule has 472 valence electrons. The van der Waals surface area contributed by atoms with Crippen LogP contribution >= 0.6 is 0 Å². The number of aliphatic hydroxyl groups is 7. The average molecular weight is 1200 g/mol. The summed E-state index contributed by atoms with van der Waals surface area (Å²) in [6.07, 6.45) is -3.28. The highest BCUT2D eigenvalue weighted by molar-refractivity contribution is 7.81. The molecule has 0 bridgehead atoms. The lowest BCUT2D eigenvalue weighted by molar-refractivity contribution is -0.148. The van der Waals surface area contributed by atoms with Gasteiger partial charge in [-0.1, -0.05) is 97.0 Å². The van der Waals surface area contributed by atoms with E-state index in [0.717, 1.165) is 61.0 Å². The molecule has 0 radical (unpaired) electrons. The number of benzene rings is 1. The maximum Gasteiger partial charge on any atom is 0.446 e. The van der Waals surface area contributed by atoms with Crippen LogP contribution in [-0.4, -0.2) is 217 Å². The lowest BCUT2D eigenvalue weighted by Crippen LogP contribution is -2.65. The number of nitrogens with two attached hydrogens (primary N) is 2. The van der Waals surface area contributed by atoms with Crippen molar-refractivity contribution in [1.29, 1.82) is 0 Å². The van der Waals surface area contributed by atoms with Crippen LogP contribution in [0, 0.1) is 5.92 Å². The van der Waals surface area contributed by atoms with Crippen LogP contribution in [-0.2, 0) is 44.0 Å². The van der Waals surface area contributed by atoms with Gasteiger partial charge in [-0.2, -0.15) is 8.42 Å². The molecule has 15 atom stereocenters. The number of rotatable bonds is 27. The molecule has 3 saturated heterocycles. The molecule has 1 aromatic rings. The van der Waals surface area contributed by atoms with Crippen LogP contribution < -0.4 is 47.6 Å². The Kier molecular flexibility index (Phi) is 28.7. The molecule has 0 spiro atoms. The highest BCUT2D eigenvalue weighted by Crippen LogP contribution is 2.33. The first-order chi connectivity index (χ1) is 39.2. The maximum absolute atomic E-state index is 14.8. The molecule has 19 N–H and O–H groups in total. The highest BCUT2D eigenvalue weighted by Gasteiger charge is 2.50. The van der Waals surface area contributed by atoms with Crippen LogP contribution in [0.2, 0.25) is 0 Å². The summed E-state index contributed by atoms with van der Waals surface area (Å²) in [6.45, 7) is 3.27. The molecule has 0 saturated carbocycles. The minimum absolute atomic E-state index is 0.0600. The number of nitrogens with zero attached hydrogens (tertiary/aromatic N) is 2. The molecule has 3 heterocycles. The molecule has 0 aromatic heterocycles. The lowest BCUT2D eigenvalue weighted by Gasteiger charge is -2.35. The Bertz CT molecular complexity index is 2410. The zero-order chi connectivity index (χ0) is 61.7. The zero-order valence-corrected chi connectivity index (χ0v) is 48.3. The molecule has 7 amide bonds. The second kappa shape index (κ2) is 33.9. The first-order valence-electron chi connectivity index (χ1n) is 28.8. The molecule has 3 aliphatic rings. The number of aliphatic hydroxyl groups excluding tert-OH is 7. The number of hydrogen-bond donors (Lipinski definition) is 17. The Morgan fingerprint density at radius 2 is 1.33 bits per heavy atom. The van der Waals surface area contributed by atoms with E-state index in [0.29, 0.717) is 18.9 Å². The number of phenols is 1. The van der Waals surface area contributed by atoms with E-state index in [4.69, 9.17) is 11.5 Å². The van der Waals surface area contributed by atoms with Gasteiger partial charge in [-0.05, 0) is 44.0 Å². The summed E-state index contributed by atoms with van der Waals surface area (Å²) >= 11 is 0. The number of nitrogens with one attached hydrogen (secondary N) is 6. The third-order valence-corrected chi connectivity index (χ3v) is 15.6. The minimum atomic E-state index is -5.30.